The Balaban J connectivity index is 1.86. The van der Waals surface area contributed by atoms with Crippen LogP contribution in [-0.4, -0.2) is 41.2 Å². The van der Waals surface area contributed by atoms with E-state index >= 15 is 0 Å². The molecule has 0 saturated heterocycles. The van der Waals surface area contributed by atoms with E-state index in [0.29, 0.717) is 12.6 Å². The van der Waals surface area contributed by atoms with Gasteiger partial charge in [-0.2, -0.15) is 0 Å². The lowest BCUT2D eigenvalue weighted by Gasteiger charge is -2.25. The molecule has 1 aliphatic carbocycles. The molecule has 0 heterocycles. The first-order chi connectivity index (χ1) is 9.09. The van der Waals surface area contributed by atoms with Crippen molar-refractivity contribution in [2.45, 2.75) is 31.8 Å². The number of para-hydroxylation sites is 1. The van der Waals surface area contributed by atoms with Crippen molar-refractivity contribution in [2.24, 2.45) is 0 Å². The lowest BCUT2D eigenvalue weighted by Crippen LogP contribution is -2.42. The van der Waals surface area contributed by atoms with Gasteiger partial charge in [0.15, 0.2) is 11.6 Å². The normalized spacial score (nSPS) is 16.4. The number of halogens is 1. The summed E-state index contributed by atoms with van der Waals surface area (Å²) in [5, 5.41) is 9.05. The first kappa shape index (κ1) is 13.8. The highest BCUT2D eigenvalue weighted by molar-refractivity contribution is 5.73. The van der Waals surface area contributed by atoms with Crippen molar-refractivity contribution in [1.29, 1.82) is 0 Å². The highest BCUT2D eigenvalue weighted by Crippen LogP contribution is 2.28. The van der Waals surface area contributed by atoms with Crippen LogP contribution in [0.3, 0.4) is 0 Å². The average Bonchev–Trinajstić information content (AvgIpc) is 3.20. The van der Waals surface area contributed by atoms with E-state index in [0.717, 1.165) is 12.8 Å². The van der Waals surface area contributed by atoms with Crippen LogP contribution in [0.1, 0.15) is 19.8 Å². The summed E-state index contributed by atoms with van der Waals surface area (Å²) in [6.45, 7) is 2.45. The van der Waals surface area contributed by atoms with Gasteiger partial charge in [0, 0.05) is 12.6 Å². The third kappa shape index (κ3) is 3.67. The number of hydrogen-bond acceptors (Lipinski definition) is 3. The van der Waals surface area contributed by atoms with Gasteiger partial charge in [-0.3, -0.25) is 9.69 Å². The maximum atomic E-state index is 13.3. The smallest absolute Gasteiger partial charge is 0.320 e. The van der Waals surface area contributed by atoms with Crippen molar-refractivity contribution < 1.29 is 19.0 Å². The monoisotopic (exact) mass is 267 g/mol. The number of aliphatic carboxylic acids is 1. The van der Waals surface area contributed by atoms with E-state index in [-0.39, 0.29) is 12.4 Å². The van der Waals surface area contributed by atoms with E-state index < -0.39 is 17.8 Å². The van der Waals surface area contributed by atoms with Crippen LogP contribution in [0.5, 0.6) is 5.75 Å². The second-order valence-corrected chi connectivity index (χ2v) is 4.76. The van der Waals surface area contributed by atoms with Gasteiger partial charge < -0.3 is 9.84 Å². The minimum atomic E-state index is -0.835. The van der Waals surface area contributed by atoms with E-state index in [1.807, 2.05) is 4.90 Å². The fourth-order valence-corrected chi connectivity index (χ4v) is 2.06. The Morgan fingerprint density at radius 3 is 2.79 bits per heavy atom. The van der Waals surface area contributed by atoms with Gasteiger partial charge in [-0.05, 0) is 31.9 Å². The van der Waals surface area contributed by atoms with Crippen LogP contribution in [-0.2, 0) is 4.79 Å². The molecule has 0 amide bonds. The fourth-order valence-electron chi connectivity index (χ4n) is 2.06. The topological polar surface area (TPSA) is 49.8 Å². The van der Waals surface area contributed by atoms with Gasteiger partial charge in [0.2, 0.25) is 0 Å². The Kier molecular flexibility index (Phi) is 4.37. The van der Waals surface area contributed by atoms with Crippen molar-refractivity contribution in [3.63, 3.8) is 0 Å². The molecule has 1 unspecified atom stereocenters. The first-order valence-corrected chi connectivity index (χ1v) is 6.45. The van der Waals surface area contributed by atoms with Crippen molar-refractivity contribution in [3.05, 3.63) is 30.1 Å². The zero-order valence-corrected chi connectivity index (χ0v) is 10.9. The number of benzene rings is 1. The van der Waals surface area contributed by atoms with E-state index in [4.69, 9.17) is 9.84 Å². The Morgan fingerprint density at radius 2 is 2.21 bits per heavy atom. The number of hydrogen-bond donors (Lipinski definition) is 1. The molecule has 1 atom stereocenters. The third-order valence-electron chi connectivity index (χ3n) is 3.31. The van der Waals surface area contributed by atoms with Crippen molar-refractivity contribution in [1.82, 2.24) is 4.90 Å². The van der Waals surface area contributed by atoms with E-state index in [9.17, 15) is 9.18 Å². The van der Waals surface area contributed by atoms with Crippen molar-refractivity contribution in [2.75, 3.05) is 13.2 Å². The van der Waals surface area contributed by atoms with E-state index in [2.05, 4.69) is 0 Å². The number of ether oxygens (including phenoxy) is 1. The summed E-state index contributed by atoms with van der Waals surface area (Å²) in [5.74, 6) is -1.02. The molecule has 0 radical (unpaired) electrons. The molecule has 104 valence electrons. The predicted molar refractivity (Wildman–Crippen MR) is 68.7 cm³/mol. The van der Waals surface area contributed by atoms with E-state index in [1.165, 1.54) is 6.07 Å². The Hall–Kier alpha value is -1.62. The number of rotatable bonds is 7. The van der Waals surface area contributed by atoms with E-state index in [1.54, 1.807) is 25.1 Å². The Morgan fingerprint density at radius 1 is 1.53 bits per heavy atom. The van der Waals surface area contributed by atoms with Gasteiger partial charge in [0.05, 0.1) is 0 Å². The van der Waals surface area contributed by atoms with Crippen LogP contribution in [0.2, 0.25) is 0 Å². The summed E-state index contributed by atoms with van der Waals surface area (Å²) < 4.78 is 18.7. The number of carboxylic acids is 1. The SMILES string of the molecule is CC(C(=O)O)N(CCOc1ccccc1F)C1CC1. The molecule has 1 saturated carbocycles. The molecule has 1 fully saturated rings. The summed E-state index contributed by atoms with van der Waals surface area (Å²) >= 11 is 0. The minimum Gasteiger partial charge on any atom is -0.489 e. The Labute approximate surface area is 111 Å². The van der Waals surface area contributed by atoms with Gasteiger partial charge in [-0.15, -0.1) is 0 Å². The molecule has 1 aromatic rings. The van der Waals surface area contributed by atoms with Gasteiger partial charge in [-0.25, -0.2) is 4.39 Å². The largest absolute Gasteiger partial charge is 0.489 e. The summed E-state index contributed by atoms with van der Waals surface area (Å²) in [7, 11) is 0. The van der Waals surface area contributed by atoms with Crippen LogP contribution in [0.4, 0.5) is 4.39 Å². The van der Waals surface area contributed by atoms with Crippen LogP contribution in [0, 0.1) is 5.82 Å². The van der Waals surface area contributed by atoms with Crippen LogP contribution >= 0.6 is 0 Å². The van der Waals surface area contributed by atoms with Crippen LogP contribution in [0.15, 0.2) is 24.3 Å². The van der Waals surface area contributed by atoms with Gasteiger partial charge in [-0.1, -0.05) is 12.1 Å². The van der Waals surface area contributed by atoms with Crippen LogP contribution in [0.25, 0.3) is 0 Å². The van der Waals surface area contributed by atoms with Gasteiger partial charge in [0.1, 0.15) is 12.6 Å². The van der Waals surface area contributed by atoms with Crippen molar-refractivity contribution >= 4 is 5.97 Å². The lowest BCUT2D eigenvalue weighted by molar-refractivity contribution is -0.143. The van der Waals surface area contributed by atoms with Crippen molar-refractivity contribution in [3.8, 4) is 5.75 Å². The molecule has 1 aliphatic rings. The number of nitrogens with zero attached hydrogens (tertiary/aromatic N) is 1. The zero-order chi connectivity index (χ0) is 13.8. The Bertz CT molecular complexity index is 448. The zero-order valence-electron chi connectivity index (χ0n) is 10.9. The summed E-state index contributed by atoms with van der Waals surface area (Å²) in [6.07, 6.45) is 2.05. The molecular formula is C14H18FNO3. The summed E-state index contributed by atoms with van der Waals surface area (Å²) in [4.78, 5) is 12.9. The quantitative estimate of drug-likeness (QED) is 0.822. The third-order valence-corrected chi connectivity index (χ3v) is 3.31. The molecular weight excluding hydrogens is 249 g/mol. The molecule has 19 heavy (non-hydrogen) atoms. The lowest BCUT2D eigenvalue weighted by atomic mass is 10.2. The highest BCUT2D eigenvalue weighted by atomic mass is 19.1. The van der Waals surface area contributed by atoms with Gasteiger partial charge >= 0.3 is 5.97 Å². The minimum absolute atomic E-state index is 0.209. The number of carbonyl (C=O) groups is 1. The molecule has 1 aromatic carbocycles. The maximum Gasteiger partial charge on any atom is 0.320 e. The second-order valence-electron chi connectivity index (χ2n) is 4.76. The fraction of sp³-hybridized carbons (Fsp3) is 0.500. The molecule has 1 N–H and O–H groups in total. The summed E-state index contributed by atoms with van der Waals surface area (Å²) in [6, 6.07) is 6.01. The molecule has 0 spiro atoms. The highest BCUT2D eigenvalue weighted by Gasteiger charge is 2.34. The molecule has 0 aliphatic heterocycles. The summed E-state index contributed by atoms with van der Waals surface area (Å²) in [5.41, 5.74) is 0. The van der Waals surface area contributed by atoms with Gasteiger partial charge in [0.25, 0.3) is 0 Å². The standard InChI is InChI=1S/C14H18FNO3/c1-10(14(17)18)16(11-6-7-11)8-9-19-13-5-3-2-4-12(13)15/h2-5,10-11H,6-9H2,1H3,(H,17,18). The first-order valence-electron chi connectivity index (χ1n) is 6.45. The average molecular weight is 267 g/mol. The molecule has 4 nitrogen and oxygen atoms in total. The second kappa shape index (κ2) is 6.02. The number of carboxylic acid groups (broad SMARTS) is 1. The predicted octanol–water partition coefficient (Wildman–Crippen LogP) is 2.14. The van der Waals surface area contributed by atoms with Crippen LogP contribution < -0.4 is 4.74 Å². The molecule has 2 rings (SSSR count). The maximum absolute atomic E-state index is 13.3. The molecule has 5 heteroatoms. The molecule has 0 aromatic heterocycles. The molecule has 0 bridgehead atoms.